The van der Waals surface area contributed by atoms with Gasteiger partial charge in [-0.1, -0.05) is 27.5 Å². The Morgan fingerprint density at radius 1 is 1.48 bits per heavy atom. The van der Waals surface area contributed by atoms with Gasteiger partial charge in [0.15, 0.2) is 0 Å². The second kappa shape index (κ2) is 6.29. The molecule has 1 aliphatic rings. The van der Waals surface area contributed by atoms with E-state index in [4.69, 9.17) is 16.3 Å². The van der Waals surface area contributed by atoms with Crippen molar-refractivity contribution in [2.75, 3.05) is 13.7 Å². The average Bonchev–Trinajstić information content (AvgIpc) is 3.04. The summed E-state index contributed by atoms with van der Waals surface area (Å²) in [5, 5.41) is 6.38. The number of thiophene rings is 1. The van der Waals surface area contributed by atoms with E-state index in [0.29, 0.717) is 0 Å². The molecule has 0 fully saturated rings. The number of hydrogen-bond donors (Lipinski definition) is 1. The molecule has 2 aromatic rings. The molecule has 1 N–H and O–H groups in total. The normalized spacial score (nSPS) is 14.9. The van der Waals surface area contributed by atoms with Crippen LogP contribution in [-0.4, -0.2) is 13.7 Å². The van der Waals surface area contributed by atoms with E-state index < -0.39 is 0 Å². The Bertz CT molecular complexity index is 671. The van der Waals surface area contributed by atoms with Gasteiger partial charge in [-0.15, -0.1) is 11.3 Å². The number of nitrogens with one attached hydrogen (secondary N) is 1. The van der Waals surface area contributed by atoms with Crippen LogP contribution in [0.1, 0.15) is 27.6 Å². The van der Waals surface area contributed by atoms with Crippen molar-refractivity contribution in [3.8, 4) is 5.75 Å². The minimum atomic E-state index is 0.207. The summed E-state index contributed by atoms with van der Waals surface area (Å²) in [6, 6.07) is 4.52. The maximum Gasteiger partial charge on any atom is 0.125 e. The summed E-state index contributed by atoms with van der Waals surface area (Å²) in [5.74, 6) is 1.06. The Balaban J connectivity index is 1.93. The van der Waals surface area contributed by atoms with Gasteiger partial charge in [0.2, 0.25) is 0 Å². The third-order valence-corrected chi connectivity index (χ3v) is 6.13. The number of aryl methyl sites for hydroxylation is 1. The number of ether oxygens (including phenoxy) is 1. The number of fused-ring (bicyclic) bond motifs is 1. The van der Waals surface area contributed by atoms with Crippen molar-refractivity contribution in [1.82, 2.24) is 5.32 Å². The SMILES string of the molecule is CNC(Cc1cc(Br)cc2c1OCC2)c1scc(C)c1Cl. The zero-order valence-electron chi connectivity index (χ0n) is 12.0. The number of halogens is 2. The molecule has 0 amide bonds. The molecule has 1 atom stereocenters. The lowest BCUT2D eigenvalue weighted by Gasteiger charge is -2.18. The highest BCUT2D eigenvalue weighted by molar-refractivity contribution is 9.10. The van der Waals surface area contributed by atoms with Gasteiger partial charge in [-0.2, -0.15) is 0 Å². The van der Waals surface area contributed by atoms with Gasteiger partial charge in [0.1, 0.15) is 5.75 Å². The van der Waals surface area contributed by atoms with Crippen LogP contribution in [0, 0.1) is 6.92 Å². The second-order valence-electron chi connectivity index (χ2n) is 5.29. The van der Waals surface area contributed by atoms with Crippen LogP contribution >= 0.6 is 38.9 Å². The van der Waals surface area contributed by atoms with Gasteiger partial charge in [0.25, 0.3) is 0 Å². The van der Waals surface area contributed by atoms with Crippen molar-refractivity contribution in [3.05, 3.63) is 48.6 Å². The molecule has 0 saturated carbocycles. The minimum Gasteiger partial charge on any atom is -0.493 e. The van der Waals surface area contributed by atoms with Crippen LogP contribution in [0.2, 0.25) is 5.02 Å². The highest BCUT2D eigenvalue weighted by atomic mass is 79.9. The maximum absolute atomic E-state index is 6.43. The zero-order valence-corrected chi connectivity index (χ0v) is 15.2. The summed E-state index contributed by atoms with van der Waals surface area (Å²) in [6.45, 7) is 2.83. The molecule has 2 heterocycles. The van der Waals surface area contributed by atoms with E-state index >= 15 is 0 Å². The van der Waals surface area contributed by atoms with E-state index in [-0.39, 0.29) is 6.04 Å². The van der Waals surface area contributed by atoms with E-state index in [1.54, 1.807) is 11.3 Å². The van der Waals surface area contributed by atoms with Crippen LogP contribution in [-0.2, 0) is 12.8 Å². The summed E-state index contributed by atoms with van der Waals surface area (Å²) in [5.41, 5.74) is 3.67. The van der Waals surface area contributed by atoms with Crippen LogP contribution in [0.3, 0.4) is 0 Å². The Morgan fingerprint density at radius 3 is 2.95 bits per heavy atom. The van der Waals surface area contributed by atoms with Gasteiger partial charge in [0.05, 0.1) is 11.6 Å². The zero-order chi connectivity index (χ0) is 15.0. The number of likely N-dealkylation sites (N-methyl/N-ethyl adjacent to an activating group) is 1. The quantitative estimate of drug-likeness (QED) is 0.806. The molecule has 0 spiro atoms. The van der Waals surface area contributed by atoms with Crippen LogP contribution < -0.4 is 10.1 Å². The molecular weight excluding hydrogens is 370 g/mol. The second-order valence-corrected chi connectivity index (χ2v) is 7.50. The summed E-state index contributed by atoms with van der Waals surface area (Å²) in [6.07, 6.45) is 1.86. The molecule has 0 aliphatic carbocycles. The molecule has 0 bridgehead atoms. The van der Waals surface area contributed by atoms with Gasteiger partial charge < -0.3 is 10.1 Å². The highest BCUT2D eigenvalue weighted by Gasteiger charge is 2.22. The monoisotopic (exact) mass is 385 g/mol. The third kappa shape index (κ3) is 3.00. The van der Waals surface area contributed by atoms with Gasteiger partial charge in [-0.05, 0) is 54.6 Å². The van der Waals surface area contributed by atoms with E-state index in [0.717, 1.165) is 40.3 Å². The van der Waals surface area contributed by atoms with Crippen molar-refractivity contribution >= 4 is 38.9 Å². The molecule has 1 aliphatic heterocycles. The Hall–Kier alpha value is -0.550. The third-order valence-electron chi connectivity index (χ3n) is 3.84. The van der Waals surface area contributed by atoms with Crippen LogP contribution in [0.4, 0.5) is 0 Å². The van der Waals surface area contributed by atoms with Crippen LogP contribution in [0.15, 0.2) is 22.0 Å². The molecule has 5 heteroatoms. The van der Waals surface area contributed by atoms with Crippen molar-refractivity contribution in [1.29, 1.82) is 0 Å². The predicted molar refractivity (Wildman–Crippen MR) is 92.9 cm³/mol. The molecule has 1 unspecified atom stereocenters. The fourth-order valence-electron chi connectivity index (χ4n) is 2.73. The first-order valence-corrected chi connectivity index (χ1v) is 9.00. The Labute approximate surface area is 142 Å². The molecule has 1 aromatic heterocycles. The summed E-state index contributed by atoms with van der Waals surface area (Å²) < 4.78 is 6.94. The van der Waals surface area contributed by atoms with Crippen LogP contribution in [0.5, 0.6) is 5.75 Å². The smallest absolute Gasteiger partial charge is 0.125 e. The largest absolute Gasteiger partial charge is 0.493 e. The van der Waals surface area contributed by atoms with E-state index in [1.165, 1.54) is 16.0 Å². The Morgan fingerprint density at radius 2 is 2.29 bits per heavy atom. The van der Waals surface area contributed by atoms with Crippen molar-refractivity contribution in [2.24, 2.45) is 0 Å². The first kappa shape index (κ1) is 15.3. The lowest BCUT2D eigenvalue weighted by molar-refractivity contribution is 0.352. The molecule has 2 nitrogen and oxygen atoms in total. The average molecular weight is 387 g/mol. The first-order valence-electron chi connectivity index (χ1n) is 6.95. The summed E-state index contributed by atoms with van der Waals surface area (Å²) >= 11 is 11.7. The van der Waals surface area contributed by atoms with Gasteiger partial charge in [-0.25, -0.2) is 0 Å². The fraction of sp³-hybridized carbons (Fsp3) is 0.375. The molecule has 0 saturated heterocycles. The van der Waals surface area contributed by atoms with Crippen molar-refractivity contribution in [3.63, 3.8) is 0 Å². The summed E-state index contributed by atoms with van der Waals surface area (Å²) in [4.78, 5) is 1.20. The number of benzene rings is 1. The van der Waals surface area contributed by atoms with Gasteiger partial charge in [-0.3, -0.25) is 0 Å². The molecule has 21 heavy (non-hydrogen) atoms. The lowest BCUT2D eigenvalue weighted by atomic mass is 10.0. The first-order chi connectivity index (χ1) is 10.1. The molecule has 112 valence electrons. The molecular formula is C16H17BrClNOS. The van der Waals surface area contributed by atoms with Gasteiger partial charge >= 0.3 is 0 Å². The highest BCUT2D eigenvalue weighted by Crippen LogP contribution is 2.38. The number of hydrogen-bond acceptors (Lipinski definition) is 3. The molecule has 0 radical (unpaired) electrons. The van der Waals surface area contributed by atoms with Gasteiger partial charge in [0, 0.05) is 21.8 Å². The van der Waals surface area contributed by atoms with E-state index in [9.17, 15) is 0 Å². The predicted octanol–water partition coefficient (Wildman–Crippen LogP) is 4.91. The van der Waals surface area contributed by atoms with Crippen LogP contribution in [0.25, 0.3) is 0 Å². The van der Waals surface area contributed by atoms with E-state index in [2.05, 4.69) is 45.7 Å². The molecule has 3 rings (SSSR count). The molecule has 1 aromatic carbocycles. The fourth-order valence-corrected chi connectivity index (χ4v) is 4.72. The topological polar surface area (TPSA) is 21.3 Å². The van der Waals surface area contributed by atoms with Crippen molar-refractivity contribution < 1.29 is 4.74 Å². The van der Waals surface area contributed by atoms with E-state index in [1.807, 2.05) is 7.05 Å². The Kier molecular flexibility index (Phi) is 4.60. The standard InChI is InChI=1S/C16H17BrClNOS/c1-9-8-21-16(14(9)18)13(19-2)7-11-6-12(17)5-10-3-4-20-15(10)11/h5-6,8,13,19H,3-4,7H2,1-2H3. The maximum atomic E-state index is 6.43. The minimum absolute atomic E-state index is 0.207. The number of rotatable bonds is 4. The van der Waals surface area contributed by atoms with Crippen molar-refractivity contribution in [2.45, 2.75) is 25.8 Å². The lowest BCUT2D eigenvalue weighted by Crippen LogP contribution is -2.18. The summed E-state index contributed by atoms with van der Waals surface area (Å²) in [7, 11) is 1.98.